The second-order valence-corrected chi connectivity index (χ2v) is 3.16. The van der Waals surface area contributed by atoms with Crippen LogP contribution in [-0.4, -0.2) is 21.1 Å². The number of rotatable bonds is 2. The normalized spacial score (nSPS) is 13.4. The van der Waals surface area contributed by atoms with Gasteiger partial charge in [0.2, 0.25) is 0 Å². The van der Waals surface area contributed by atoms with Gasteiger partial charge in [0.25, 0.3) is 0 Å². The third kappa shape index (κ3) is 1.40. The van der Waals surface area contributed by atoms with Gasteiger partial charge in [0, 0.05) is 6.20 Å². The van der Waals surface area contributed by atoms with Crippen molar-refractivity contribution < 1.29 is 0 Å². The summed E-state index contributed by atoms with van der Waals surface area (Å²) in [7, 11) is 0. The summed E-state index contributed by atoms with van der Waals surface area (Å²) in [6, 6.07) is 4.00. The third-order valence-electron chi connectivity index (χ3n) is 2.22. The summed E-state index contributed by atoms with van der Waals surface area (Å²) >= 11 is 0. The van der Waals surface area contributed by atoms with Crippen LogP contribution in [0.15, 0.2) is 24.7 Å². The highest BCUT2D eigenvalue weighted by Gasteiger charge is 2.04. The fourth-order valence-corrected chi connectivity index (χ4v) is 1.26. The van der Waals surface area contributed by atoms with E-state index in [1.54, 1.807) is 10.8 Å². The van der Waals surface area contributed by atoms with Gasteiger partial charge in [-0.1, -0.05) is 13.0 Å². The van der Waals surface area contributed by atoms with Crippen molar-refractivity contribution in [2.24, 2.45) is 5.73 Å². The van der Waals surface area contributed by atoms with Gasteiger partial charge in [-0.05, 0) is 24.1 Å². The van der Waals surface area contributed by atoms with Gasteiger partial charge in [0.15, 0.2) is 5.65 Å². The molecule has 0 saturated heterocycles. The Bertz CT molecular complexity index is 407. The quantitative estimate of drug-likeness (QED) is 0.736. The molecule has 0 aliphatic carbocycles. The molecular formula is C9H12N4. The second kappa shape index (κ2) is 3.14. The molecule has 0 saturated carbocycles. The van der Waals surface area contributed by atoms with E-state index < -0.39 is 0 Å². The lowest BCUT2D eigenvalue weighted by Crippen LogP contribution is -2.09. The molecule has 0 radical (unpaired) electrons. The molecule has 4 nitrogen and oxygen atoms in total. The van der Waals surface area contributed by atoms with E-state index in [2.05, 4.69) is 17.0 Å². The van der Waals surface area contributed by atoms with Gasteiger partial charge in [-0.2, -0.15) is 5.10 Å². The molecule has 1 unspecified atom stereocenters. The molecule has 2 rings (SSSR count). The van der Waals surface area contributed by atoms with Crippen molar-refractivity contribution in [2.75, 3.05) is 6.54 Å². The van der Waals surface area contributed by atoms with Crippen molar-refractivity contribution in [1.29, 1.82) is 0 Å². The van der Waals surface area contributed by atoms with Gasteiger partial charge in [-0.3, -0.25) is 0 Å². The molecule has 0 fully saturated rings. The molecule has 2 aromatic rings. The predicted molar refractivity (Wildman–Crippen MR) is 50.5 cm³/mol. The maximum absolute atomic E-state index is 5.58. The van der Waals surface area contributed by atoms with Gasteiger partial charge in [0.1, 0.15) is 6.33 Å². The van der Waals surface area contributed by atoms with Crippen molar-refractivity contribution in [3.8, 4) is 0 Å². The van der Waals surface area contributed by atoms with Crippen LogP contribution in [0.3, 0.4) is 0 Å². The molecule has 68 valence electrons. The summed E-state index contributed by atoms with van der Waals surface area (Å²) in [6.45, 7) is 2.75. The first-order valence-electron chi connectivity index (χ1n) is 4.30. The van der Waals surface area contributed by atoms with Gasteiger partial charge in [0.05, 0.1) is 0 Å². The highest BCUT2D eigenvalue weighted by Crippen LogP contribution is 2.13. The van der Waals surface area contributed by atoms with E-state index in [-0.39, 0.29) is 0 Å². The number of fused-ring (bicyclic) bond motifs is 1. The van der Waals surface area contributed by atoms with Crippen LogP contribution >= 0.6 is 0 Å². The standard InChI is InChI=1S/C9H12N4/c1-7(4-10)8-2-3-9-11-6-12-13(9)5-8/h2-3,5-7H,4,10H2,1H3. The molecule has 0 bridgehead atoms. The Kier molecular flexibility index (Phi) is 1.98. The summed E-state index contributed by atoms with van der Waals surface area (Å²) in [6.07, 6.45) is 3.52. The van der Waals surface area contributed by atoms with Crippen LogP contribution in [0, 0.1) is 0 Å². The Morgan fingerprint density at radius 2 is 2.38 bits per heavy atom. The molecule has 1 atom stereocenters. The highest BCUT2D eigenvalue weighted by atomic mass is 15.3. The molecule has 0 aliphatic rings. The topological polar surface area (TPSA) is 56.2 Å². The molecule has 0 aromatic carbocycles. The van der Waals surface area contributed by atoms with E-state index in [0.717, 1.165) is 5.65 Å². The Labute approximate surface area is 76.4 Å². The largest absolute Gasteiger partial charge is 0.330 e. The lowest BCUT2D eigenvalue weighted by Gasteiger charge is -2.07. The molecule has 2 N–H and O–H groups in total. The molecule has 4 heteroatoms. The van der Waals surface area contributed by atoms with Crippen LogP contribution in [0.4, 0.5) is 0 Å². The number of hydrogen-bond acceptors (Lipinski definition) is 3. The van der Waals surface area contributed by atoms with Crippen LogP contribution in [0.5, 0.6) is 0 Å². The van der Waals surface area contributed by atoms with E-state index in [4.69, 9.17) is 5.73 Å². The first kappa shape index (κ1) is 8.19. The van der Waals surface area contributed by atoms with Crippen LogP contribution in [0.1, 0.15) is 18.4 Å². The Hall–Kier alpha value is -1.42. The molecule has 13 heavy (non-hydrogen) atoms. The monoisotopic (exact) mass is 176 g/mol. The van der Waals surface area contributed by atoms with Crippen molar-refractivity contribution in [3.05, 3.63) is 30.2 Å². The maximum atomic E-state index is 5.58. The average Bonchev–Trinajstić information content (AvgIpc) is 2.63. The minimum absolute atomic E-state index is 0.369. The lowest BCUT2D eigenvalue weighted by atomic mass is 10.0. The Balaban J connectivity index is 2.48. The van der Waals surface area contributed by atoms with E-state index in [1.807, 2.05) is 18.3 Å². The van der Waals surface area contributed by atoms with E-state index in [1.165, 1.54) is 5.56 Å². The van der Waals surface area contributed by atoms with Crippen molar-refractivity contribution >= 4 is 5.65 Å². The highest BCUT2D eigenvalue weighted by molar-refractivity contribution is 5.38. The molecule has 0 spiro atoms. The molecule has 0 amide bonds. The number of nitrogens with zero attached hydrogens (tertiary/aromatic N) is 3. The van der Waals surface area contributed by atoms with Crippen LogP contribution in [0.25, 0.3) is 5.65 Å². The second-order valence-electron chi connectivity index (χ2n) is 3.16. The van der Waals surface area contributed by atoms with Crippen LogP contribution in [-0.2, 0) is 0 Å². The first-order chi connectivity index (χ1) is 6.31. The SMILES string of the molecule is CC(CN)c1ccc2ncnn2c1. The van der Waals surface area contributed by atoms with Gasteiger partial charge < -0.3 is 5.73 Å². The third-order valence-corrected chi connectivity index (χ3v) is 2.22. The number of aromatic nitrogens is 3. The zero-order chi connectivity index (χ0) is 9.26. The summed E-state index contributed by atoms with van der Waals surface area (Å²) in [5.74, 6) is 0.369. The fourth-order valence-electron chi connectivity index (χ4n) is 1.26. The van der Waals surface area contributed by atoms with Crippen LogP contribution in [0.2, 0.25) is 0 Å². The minimum Gasteiger partial charge on any atom is -0.330 e. The van der Waals surface area contributed by atoms with Crippen molar-refractivity contribution in [1.82, 2.24) is 14.6 Å². The molecule has 2 aromatic heterocycles. The average molecular weight is 176 g/mol. The fraction of sp³-hybridized carbons (Fsp3) is 0.333. The van der Waals surface area contributed by atoms with Crippen molar-refractivity contribution in [3.63, 3.8) is 0 Å². The molecular weight excluding hydrogens is 164 g/mol. The van der Waals surface area contributed by atoms with Gasteiger partial charge in [-0.25, -0.2) is 9.50 Å². The lowest BCUT2D eigenvalue weighted by molar-refractivity contribution is 0.760. The first-order valence-corrected chi connectivity index (χ1v) is 4.30. The minimum atomic E-state index is 0.369. The zero-order valence-corrected chi connectivity index (χ0v) is 7.51. The smallest absolute Gasteiger partial charge is 0.155 e. The van der Waals surface area contributed by atoms with E-state index in [9.17, 15) is 0 Å². The number of hydrogen-bond donors (Lipinski definition) is 1. The summed E-state index contributed by atoms with van der Waals surface area (Å²) in [5, 5.41) is 4.06. The Morgan fingerprint density at radius 1 is 1.54 bits per heavy atom. The maximum Gasteiger partial charge on any atom is 0.155 e. The van der Waals surface area contributed by atoms with Gasteiger partial charge in [-0.15, -0.1) is 0 Å². The predicted octanol–water partition coefficient (Wildman–Crippen LogP) is 0.792. The molecule has 2 heterocycles. The van der Waals surface area contributed by atoms with Crippen molar-refractivity contribution in [2.45, 2.75) is 12.8 Å². The summed E-state index contributed by atoms with van der Waals surface area (Å²) in [4.78, 5) is 4.07. The number of nitrogens with two attached hydrogens (primary N) is 1. The summed E-state index contributed by atoms with van der Waals surface area (Å²) < 4.78 is 1.77. The Morgan fingerprint density at radius 3 is 3.15 bits per heavy atom. The zero-order valence-electron chi connectivity index (χ0n) is 7.51. The number of pyridine rings is 1. The van der Waals surface area contributed by atoms with Gasteiger partial charge >= 0.3 is 0 Å². The van der Waals surface area contributed by atoms with E-state index >= 15 is 0 Å². The summed E-state index contributed by atoms with van der Waals surface area (Å²) in [5.41, 5.74) is 7.64. The van der Waals surface area contributed by atoms with Crippen LogP contribution < -0.4 is 5.73 Å². The van der Waals surface area contributed by atoms with E-state index in [0.29, 0.717) is 12.5 Å². The molecule has 0 aliphatic heterocycles.